The average molecular weight is 1120 g/mol. The van der Waals surface area contributed by atoms with Crippen LogP contribution in [0.2, 0.25) is 0 Å². The Balaban J connectivity index is 1.07. The number of hydrogen-bond acceptors (Lipinski definition) is 4. The van der Waals surface area contributed by atoms with Crippen molar-refractivity contribution >= 4 is 117 Å². The molecule has 11 aromatic carbocycles. The highest BCUT2D eigenvalue weighted by Gasteiger charge is 2.47. The summed E-state index contributed by atoms with van der Waals surface area (Å²) in [5.41, 5.74) is 23.6. The molecule has 5 heteroatoms. The number of anilines is 9. The van der Waals surface area contributed by atoms with Crippen LogP contribution in [0, 0.1) is 0 Å². The molecule has 0 atom stereocenters. The molecular weight excluding hydrogens is 1050 g/mol. The molecule has 3 nitrogen and oxygen atoms in total. The predicted molar refractivity (Wildman–Crippen MR) is 369 cm³/mol. The molecule has 2 aliphatic heterocycles. The molecule has 0 radical (unpaired) electrons. The maximum Gasteiger partial charge on any atom is 0.264 e. The normalized spacial score (nSPS) is 15.0. The monoisotopic (exact) mass is 1120 g/mol. The van der Waals surface area contributed by atoms with Crippen LogP contribution in [0.5, 0.6) is 0 Å². The second kappa shape index (κ2) is 19.5. The number of nitrogens with zero attached hydrogens (tertiary/aromatic N) is 3. The van der Waals surface area contributed by atoms with E-state index in [1.54, 1.807) is 0 Å². The molecular formula is C80H72BN3S. The number of fused-ring (bicyclic) bond motifs is 9. The van der Waals surface area contributed by atoms with Gasteiger partial charge in [0, 0.05) is 60.4 Å². The summed E-state index contributed by atoms with van der Waals surface area (Å²) in [7, 11) is 0. The Morgan fingerprint density at radius 2 is 0.929 bits per heavy atom. The molecule has 1 aromatic heterocycles. The van der Waals surface area contributed by atoms with Crippen molar-refractivity contribution in [2.24, 2.45) is 0 Å². The molecule has 15 rings (SSSR count). The Kier molecular flexibility index (Phi) is 12.2. The minimum absolute atomic E-state index is 0.00302. The van der Waals surface area contributed by atoms with Gasteiger partial charge in [0.05, 0.1) is 5.69 Å². The van der Waals surface area contributed by atoms with Gasteiger partial charge in [-0.25, -0.2) is 0 Å². The SMILES string of the molecule is CC(C)(C)c1cc2c3c(c1)N(c1ccc4c(-c5ccccc5)c5ccccc5c(-c5ccccc5)c4c1)c1c(sc4ccc(C(C)(C)C)cc14)B3c1ccc(N(c3ccccc3)c3ccccc3)cc1N2c1ccc2c(c1)C(C)(C)CCC2(C)C. The van der Waals surface area contributed by atoms with Crippen molar-refractivity contribution in [3.63, 3.8) is 0 Å². The summed E-state index contributed by atoms with van der Waals surface area (Å²) < 4.78 is 2.67. The van der Waals surface area contributed by atoms with Gasteiger partial charge in [0.1, 0.15) is 0 Å². The highest BCUT2D eigenvalue weighted by Crippen LogP contribution is 2.54. The van der Waals surface area contributed by atoms with Gasteiger partial charge < -0.3 is 14.7 Å². The second-order valence-electron chi connectivity index (χ2n) is 27.6. The van der Waals surface area contributed by atoms with Crippen LogP contribution >= 0.6 is 11.3 Å². The van der Waals surface area contributed by atoms with Gasteiger partial charge in [-0.1, -0.05) is 215 Å². The van der Waals surface area contributed by atoms with E-state index in [1.807, 2.05) is 11.3 Å². The van der Waals surface area contributed by atoms with Crippen molar-refractivity contribution < 1.29 is 0 Å². The summed E-state index contributed by atoms with van der Waals surface area (Å²) in [6.45, 7) is 24.0. The fourth-order valence-corrected chi connectivity index (χ4v) is 15.8. The number of hydrogen-bond donors (Lipinski definition) is 0. The van der Waals surface area contributed by atoms with Crippen molar-refractivity contribution in [3.8, 4) is 22.3 Å². The van der Waals surface area contributed by atoms with Crippen molar-refractivity contribution in [3.05, 3.63) is 253 Å². The van der Waals surface area contributed by atoms with Gasteiger partial charge in [-0.3, -0.25) is 0 Å². The van der Waals surface area contributed by atoms with E-state index in [2.05, 4.69) is 314 Å². The fourth-order valence-electron chi connectivity index (χ4n) is 14.5. The molecule has 0 saturated carbocycles. The Bertz CT molecular complexity index is 4580. The molecule has 0 fully saturated rings. The third-order valence-electron chi connectivity index (χ3n) is 19.2. The summed E-state index contributed by atoms with van der Waals surface area (Å²) in [6, 6.07) is 87.8. The molecule has 1 aliphatic carbocycles. The maximum atomic E-state index is 2.71. The first-order valence-electron chi connectivity index (χ1n) is 30.6. The highest BCUT2D eigenvalue weighted by molar-refractivity contribution is 7.33. The van der Waals surface area contributed by atoms with Crippen LogP contribution in [-0.4, -0.2) is 6.71 Å². The number of para-hydroxylation sites is 2. The maximum absolute atomic E-state index is 2.71. The average Bonchev–Trinajstić information content (AvgIpc) is 1.86. The van der Waals surface area contributed by atoms with Crippen LogP contribution in [0.3, 0.4) is 0 Å². The largest absolute Gasteiger partial charge is 0.311 e. The molecule has 85 heavy (non-hydrogen) atoms. The summed E-state index contributed by atoms with van der Waals surface area (Å²) in [5.74, 6) is 0. The van der Waals surface area contributed by atoms with Crippen molar-refractivity contribution in [1.82, 2.24) is 0 Å². The summed E-state index contributed by atoms with van der Waals surface area (Å²) in [6.07, 6.45) is 2.30. The van der Waals surface area contributed by atoms with Gasteiger partial charge in [-0.05, 0) is 196 Å². The Morgan fingerprint density at radius 1 is 0.412 bits per heavy atom. The zero-order valence-electron chi connectivity index (χ0n) is 50.7. The van der Waals surface area contributed by atoms with Crippen LogP contribution < -0.4 is 30.4 Å². The van der Waals surface area contributed by atoms with Gasteiger partial charge in [-0.2, -0.15) is 0 Å². The predicted octanol–water partition coefficient (Wildman–Crippen LogP) is 21.0. The van der Waals surface area contributed by atoms with E-state index in [1.165, 1.54) is 120 Å². The van der Waals surface area contributed by atoms with Gasteiger partial charge in [0.25, 0.3) is 6.71 Å². The smallest absolute Gasteiger partial charge is 0.264 e. The molecule has 3 heterocycles. The first kappa shape index (κ1) is 53.1. The van der Waals surface area contributed by atoms with Gasteiger partial charge in [0.15, 0.2) is 0 Å². The lowest BCUT2D eigenvalue weighted by atomic mass is 9.36. The summed E-state index contributed by atoms with van der Waals surface area (Å²) in [5, 5.41) is 6.29. The highest BCUT2D eigenvalue weighted by atomic mass is 32.1. The first-order chi connectivity index (χ1) is 40.9. The number of benzene rings is 11. The third-order valence-corrected chi connectivity index (χ3v) is 20.4. The standard InChI is InChI=1S/C80H72BN3S/c1-77(2,3)53-35-42-71-64(45-53)75-76(85-71)81-67-41-38-59(82(55-29-19-13-20-30-55)56-31-21-14-22-32-56)50-68(67)83(58-37-40-65-66(49-58)80(9,10)44-43-79(65,7)8)69-46-54(78(4,5)6)47-70(74(69)81)84(75)57-36-39-62-63(48-57)73(52-27-17-12-18-28-52)61-34-24-23-33-60(61)72(62)51-25-15-11-16-26-51/h11-42,45-50H,43-44H2,1-10H3. The zero-order chi connectivity index (χ0) is 58.3. The Morgan fingerprint density at radius 3 is 1.53 bits per heavy atom. The quantitative estimate of drug-likeness (QED) is 0.116. The molecule has 0 amide bonds. The van der Waals surface area contributed by atoms with Crippen LogP contribution in [0.1, 0.15) is 104 Å². The lowest BCUT2D eigenvalue weighted by Gasteiger charge is -2.46. The molecule has 0 spiro atoms. The van der Waals surface area contributed by atoms with E-state index >= 15 is 0 Å². The topological polar surface area (TPSA) is 9.72 Å². The van der Waals surface area contributed by atoms with Gasteiger partial charge >= 0.3 is 0 Å². The minimum atomic E-state index is -0.205. The minimum Gasteiger partial charge on any atom is -0.311 e. The summed E-state index contributed by atoms with van der Waals surface area (Å²) >= 11 is 1.98. The molecule has 0 unspecified atom stereocenters. The van der Waals surface area contributed by atoms with Crippen LogP contribution in [0.25, 0.3) is 53.9 Å². The lowest BCUT2D eigenvalue weighted by Crippen LogP contribution is -2.60. The molecule has 0 saturated heterocycles. The zero-order valence-corrected chi connectivity index (χ0v) is 51.5. The van der Waals surface area contributed by atoms with E-state index in [-0.39, 0.29) is 28.4 Å². The Labute approximate surface area is 506 Å². The van der Waals surface area contributed by atoms with Crippen LogP contribution in [-0.2, 0) is 21.7 Å². The van der Waals surface area contributed by atoms with Crippen LogP contribution in [0.15, 0.2) is 231 Å². The van der Waals surface area contributed by atoms with Crippen molar-refractivity contribution in [1.29, 1.82) is 0 Å². The molecule has 0 bridgehead atoms. The number of rotatable bonds is 7. The Hall–Kier alpha value is -8.64. The van der Waals surface area contributed by atoms with Gasteiger partial charge in [-0.15, -0.1) is 11.3 Å². The second-order valence-corrected chi connectivity index (χ2v) is 28.6. The third kappa shape index (κ3) is 8.59. The molecule has 416 valence electrons. The summed E-state index contributed by atoms with van der Waals surface area (Å²) in [4.78, 5) is 7.82. The fraction of sp³-hybridized carbons (Fsp3) is 0.200. The van der Waals surface area contributed by atoms with Gasteiger partial charge in [0.2, 0.25) is 0 Å². The van der Waals surface area contributed by atoms with Crippen molar-refractivity contribution in [2.75, 3.05) is 14.7 Å². The van der Waals surface area contributed by atoms with E-state index in [0.29, 0.717) is 0 Å². The van der Waals surface area contributed by atoms with Crippen LogP contribution in [0.4, 0.5) is 51.2 Å². The van der Waals surface area contributed by atoms with Crippen molar-refractivity contribution in [2.45, 2.75) is 104 Å². The molecule has 0 N–H and O–H groups in total. The molecule has 3 aliphatic rings. The number of thiophene rings is 1. The van der Waals surface area contributed by atoms with E-state index in [9.17, 15) is 0 Å². The molecule has 12 aromatic rings. The first-order valence-corrected chi connectivity index (χ1v) is 31.4. The van der Waals surface area contributed by atoms with E-state index < -0.39 is 0 Å². The van der Waals surface area contributed by atoms with E-state index in [0.717, 1.165) is 35.6 Å². The van der Waals surface area contributed by atoms with E-state index in [4.69, 9.17) is 0 Å². The lowest BCUT2D eigenvalue weighted by molar-refractivity contribution is 0.332.